The lowest BCUT2D eigenvalue weighted by molar-refractivity contribution is -0.129. The molecule has 0 aliphatic rings. The topological polar surface area (TPSA) is 57.7 Å². The number of sulfonamides is 1. The van der Waals surface area contributed by atoms with E-state index < -0.39 is 10.0 Å². The molecule has 130 valence electrons. The minimum atomic E-state index is -3.49. The average Bonchev–Trinajstić information content (AvgIpc) is 2.46. The number of amides is 1. The molecule has 0 fully saturated rings. The van der Waals surface area contributed by atoms with E-state index in [1.54, 1.807) is 30.1 Å². The standard InChI is InChI=1S/C16H25ClN2O3S/c1-5-6-10-18(3)16(20)9-11-19(23(4,21)22)15-12-14(17)8-7-13(15)2/h7-8,12H,5-6,9-11H2,1-4H3. The lowest BCUT2D eigenvalue weighted by Gasteiger charge is -2.25. The molecule has 1 amide bonds. The summed E-state index contributed by atoms with van der Waals surface area (Å²) in [4.78, 5) is 13.8. The van der Waals surface area contributed by atoms with E-state index in [0.717, 1.165) is 24.7 Å². The zero-order chi connectivity index (χ0) is 17.6. The van der Waals surface area contributed by atoms with Crippen molar-refractivity contribution in [1.82, 2.24) is 4.90 Å². The molecule has 0 unspecified atom stereocenters. The van der Waals surface area contributed by atoms with Crippen LogP contribution in [0, 0.1) is 6.92 Å². The van der Waals surface area contributed by atoms with E-state index in [1.165, 1.54) is 4.31 Å². The van der Waals surface area contributed by atoms with E-state index in [4.69, 9.17) is 11.6 Å². The smallest absolute Gasteiger partial charge is 0.232 e. The second-order valence-electron chi connectivity index (χ2n) is 5.68. The maximum absolute atomic E-state index is 12.1. The van der Waals surface area contributed by atoms with Gasteiger partial charge in [0, 0.05) is 31.6 Å². The highest BCUT2D eigenvalue weighted by atomic mass is 35.5. The largest absolute Gasteiger partial charge is 0.346 e. The Morgan fingerprint density at radius 2 is 1.91 bits per heavy atom. The molecule has 0 radical (unpaired) electrons. The van der Waals surface area contributed by atoms with Gasteiger partial charge in [0.25, 0.3) is 0 Å². The van der Waals surface area contributed by atoms with Gasteiger partial charge in [-0.1, -0.05) is 31.0 Å². The van der Waals surface area contributed by atoms with Crippen LogP contribution in [-0.4, -0.2) is 45.6 Å². The van der Waals surface area contributed by atoms with Gasteiger partial charge in [-0.25, -0.2) is 8.42 Å². The highest BCUT2D eigenvalue weighted by Gasteiger charge is 2.21. The quantitative estimate of drug-likeness (QED) is 0.715. The van der Waals surface area contributed by atoms with Gasteiger partial charge in [-0.3, -0.25) is 9.10 Å². The predicted molar refractivity (Wildman–Crippen MR) is 95.5 cm³/mol. The number of anilines is 1. The van der Waals surface area contributed by atoms with Crippen LogP contribution in [0.3, 0.4) is 0 Å². The van der Waals surface area contributed by atoms with Crippen molar-refractivity contribution in [2.45, 2.75) is 33.1 Å². The maximum Gasteiger partial charge on any atom is 0.232 e. The molecular weight excluding hydrogens is 336 g/mol. The third-order valence-electron chi connectivity index (χ3n) is 3.64. The van der Waals surface area contributed by atoms with Crippen molar-refractivity contribution < 1.29 is 13.2 Å². The van der Waals surface area contributed by atoms with Crippen molar-refractivity contribution in [3.8, 4) is 0 Å². The zero-order valence-electron chi connectivity index (χ0n) is 14.2. The van der Waals surface area contributed by atoms with E-state index >= 15 is 0 Å². The Labute approximate surface area is 144 Å². The van der Waals surface area contributed by atoms with E-state index in [-0.39, 0.29) is 18.9 Å². The number of unbranched alkanes of at least 4 members (excludes halogenated alkanes) is 1. The first-order valence-corrected chi connectivity index (χ1v) is 9.87. The Morgan fingerprint density at radius 3 is 2.48 bits per heavy atom. The van der Waals surface area contributed by atoms with Crippen molar-refractivity contribution in [3.63, 3.8) is 0 Å². The number of rotatable bonds is 8. The van der Waals surface area contributed by atoms with Gasteiger partial charge in [-0.2, -0.15) is 0 Å². The van der Waals surface area contributed by atoms with E-state index in [1.807, 2.05) is 6.92 Å². The molecule has 0 spiro atoms. The fourth-order valence-electron chi connectivity index (χ4n) is 2.22. The fourth-order valence-corrected chi connectivity index (χ4v) is 3.37. The minimum absolute atomic E-state index is 0.0632. The first-order valence-electron chi connectivity index (χ1n) is 7.64. The lowest BCUT2D eigenvalue weighted by atomic mass is 10.2. The number of benzene rings is 1. The monoisotopic (exact) mass is 360 g/mol. The van der Waals surface area contributed by atoms with Gasteiger partial charge in [0.2, 0.25) is 15.9 Å². The van der Waals surface area contributed by atoms with Crippen LogP contribution in [0.2, 0.25) is 5.02 Å². The van der Waals surface area contributed by atoms with Crippen LogP contribution in [0.4, 0.5) is 5.69 Å². The Kier molecular flexibility index (Phi) is 7.35. The second kappa shape index (κ2) is 8.55. The normalized spacial score (nSPS) is 11.3. The molecule has 0 N–H and O–H groups in total. The number of hydrogen-bond donors (Lipinski definition) is 0. The molecule has 0 saturated carbocycles. The van der Waals surface area contributed by atoms with Crippen molar-refractivity contribution in [2.24, 2.45) is 0 Å². The van der Waals surface area contributed by atoms with Gasteiger partial charge in [-0.15, -0.1) is 0 Å². The number of hydrogen-bond acceptors (Lipinski definition) is 3. The summed E-state index contributed by atoms with van der Waals surface area (Å²) < 4.78 is 25.5. The predicted octanol–water partition coefficient (Wildman–Crippen LogP) is 3.06. The molecule has 1 rings (SSSR count). The SMILES string of the molecule is CCCCN(C)C(=O)CCN(c1cc(Cl)ccc1C)S(C)(=O)=O. The highest BCUT2D eigenvalue weighted by Crippen LogP contribution is 2.26. The highest BCUT2D eigenvalue weighted by molar-refractivity contribution is 7.92. The average molecular weight is 361 g/mol. The Bertz CT molecular complexity index is 647. The molecule has 0 aliphatic heterocycles. The van der Waals surface area contributed by atoms with Gasteiger partial charge in [0.1, 0.15) is 0 Å². The maximum atomic E-state index is 12.1. The van der Waals surface area contributed by atoms with Gasteiger partial charge in [0.05, 0.1) is 11.9 Å². The van der Waals surface area contributed by atoms with Crippen molar-refractivity contribution >= 4 is 33.2 Å². The molecule has 0 saturated heterocycles. The number of carbonyl (C=O) groups excluding carboxylic acids is 1. The first-order chi connectivity index (χ1) is 10.7. The number of aryl methyl sites for hydroxylation is 1. The molecule has 0 aliphatic carbocycles. The van der Waals surface area contributed by atoms with Crippen molar-refractivity contribution in [1.29, 1.82) is 0 Å². The van der Waals surface area contributed by atoms with Gasteiger partial charge in [-0.05, 0) is 31.0 Å². The van der Waals surface area contributed by atoms with Crippen LogP contribution in [-0.2, 0) is 14.8 Å². The fraction of sp³-hybridized carbons (Fsp3) is 0.562. The molecular formula is C16H25ClN2O3S. The molecule has 0 bridgehead atoms. The summed E-state index contributed by atoms with van der Waals surface area (Å²) in [7, 11) is -1.75. The number of nitrogens with zero attached hydrogens (tertiary/aromatic N) is 2. The van der Waals surface area contributed by atoms with Gasteiger partial charge in [0.15, 0.2) is 0 Å². The molecule has 1 aromatic rings. The van der Waals surface area contributed by atoms with Crippen LogP contribution >= 0.6 is 11.6 Å². The van der Waals surface area contributed by atoms with Crippen LogP contribution < -0.4 is 4.31 Å². The van der Waals surface area contributed by atoms with Gasteiger partial charge >= 0.3 is 0 Å². The molecule has 1 aromatic carbocycles. The summed E-state index contributed by atoms with van der Waals surface area (Å²) in [5.74, 6) is -0.0632. The van der Waals surface area contributed by atoms with Crippen LogP contribution in [0.5, 0.6) is 0 Å². The number of halogens is 1. The molecule has 7 heteroatoms. The van der Waals surface area contributed by atoms with Crippen LogP contribution in [0.1, 0.15) is 31.7 Å². The molecule has 0 aromatic heterocycles. The van der Waals surface area contributed by atoms with Crippen molar-refractivity contribution in [3.05, 3.63) is 28.8 Å². The minimum Gasteiger partial charge on any atom is -0.346 e. The Balaban J connectivity index is 2.90. The molecule has 5 nitrogen and oxygen atoms in total. The summed E-state index contributed by atoms with van der Waals surface area (Å²) >= 11 is 5.98. The van der Waals surface area contributed by atoms with E-state index in [9.17, 15) is 13.2 Å². The molecule has 0 heterocycles. The van der Waals surface area contributed by atoms with E-state index in [0.29, 0.717) is 17.3 Å². The lowest BCUT2D eigenvalue weighted by Crippen LogP contribution is -2.36. The first kappa shape index (κ1) is 19.8. The number of carbonyl (C=O) groups is 1. The van der Waals surface area contributed by atoms with Crippen LogP contribution in [0.25, 0.3) is 0 Å². The molecule has 23 heavy (non-hydrogen) atoms. The summed E-state index contributed by atoms with van der Waals surface area (Å²) in [6.07, 6.45) is 3.22. The summed E-state index contributed by atoms with van der Waals surface area (Å²) in [6, 6.07) is 5.10. The van der Waals surface area contributed by atoms with Crippen molar-refractivity contribution in [2.75, 3.05) is 30.7 Å². The summed E-state index contributed by atoms with van der Waals surface area (Å²) in [6.45, 7) is 4.67. The Morgan fingerprint density at radius 1 is 1.26 bits per heavy atom. The summed E-state index contributed by atoms with van der Waals surface area (Å²) in [5.41, 5.74) is 1.32. The molecule has 0 atom stereocenters. The second-order valence-corrected chi connectivity index (χ2v) is 8.03. The third-order valence-corrected chi connectivity index (χ3v) is 5.06. The van der Waals surface area contributed by atoms with E-state index in [2.05, 4.69) is 6.92 Å². The zero-order valence-corrected chi connectivity index (χ0v) is 15.7. The van der Waals surface area contributed by atoms with Crippen LogP contribution in [0.15, 0.2) is 18.2 Å². The Hall–Kier alpha value is -1.27. The van der Waals surface area contributed by atoms with Gasteiger partial charge < -0.3 is 4.90 Å². The third kappa shape index (κ3) is 6.03. The summed E-state index contributed by atoms with van der Waals surface area (Å²) in [5, 5.41) is 0.464.